The molecule has 1 saturated heterocycles. The van der Waals surface area contributed by atoms with Crippen molar-refractivity contribution in [3.8, 4) is 0 Å². The quantitative estimate of drug-likeness (QED) is 0.525. The molecule has 1 unspecified atom stereocenters. The fourth-order valence-electron chi connectivity index (χ4n) is 4.80. The van der Waals surface area contributed by atoms with E-state index in [1.54, 1.807) is 54.9 Å². The number of nitrogens with one attached hydrogen (secondary N) is 1. The van der Waals surface area contributed by atoms with Gasteiger partial charge in [-0.2, -0.15) is 0 Å². The van der Waals surface area contributed by atoms with Gasteiger partial charge in [0.1, 0.15) is 5.82 Å². The minimum Gasteiger partial charge on any atom is -0.478 e. The average Bonchev–Trinajstić information content (AvgIpc) is 3.39. The molecule has 0 bridgehead atoms. The molecule has 10 heteroatoms. The number of aromatic nitrogens is 1. The predicted molar refractivity (Wildman–Crippen MR) is 135 cm³/mol. The summed E-state index contributed by atoms with van der Waals surface area (Å²) >= 11 is 0. The Morgan fingerprint density at radius 1 is 1.17 bits per heavy atom. The van der Waals surface area contributed by atoms with Crippen LogP contribution in [0.5, 0.6) is 0 Å². The van der Waals surface area contributed by atoms with Gasteiger partial charge in [0, 0.05) is 56.9 Å². The summed E-state index contributed by atoms with van der Waals surface area (Å²) in [5, 5.41) is 12.8. The van der Waals surface area contributed by atoms with Crippen LogP contribution in [0.2, 0.25) is 0 Å². The first-order valence-electron chi connectivity index (χ1n) is 11.8. The van der Waals surface area contributed by atoms with Gasteiger partial charge in [-0.05, 0) is 48.4 Å². The van der Waals surface area contributed by atoms with E-state index in [-0.39, 0.29) is 22.9 Å². The number of hydrogen-bond donors (Lipinski definition) is 2. The number of carboxylic acids is 1. The van der Waals surface area contributed by atoms with Crippen LogP contribution in [-0.4, -0.2) is 49.6 Å². The van der Waals surface area contributed by atoms with Crippen molar-refractivity contribution in [2.45, 2.75) is 24.3 Å². The van der Waals surface area contributed by atoms with E-state index in [1.165, 1.54) is 16.2 Å². The molecule has 1 aromatic heterocycles. The van der Waals surface area contributed by atoms with E-state index >= 15 is 4.39 Å². The number of carboxylic acid groups (broad SMARTS) is 1. The highest BCUT2D eigenvalue weighted by Crippen LogP contribution is 2.36. The monoisotopic (exact) mass is 510 g/mol. The number of benzene rings is 2. The maximum absolute atomic E-state index is 15.3. The summed E-state index contributed by atoms with van der Waals surface area (Å²) in [6, 6.07) is 13.0. The molecule has 3 heterocycles. The number of aliphatic carboxylic acids is 1. The van der Waals surface area contributed by atoms with Crippen LogP contribution in [0.1, 0.15) is 24.1 Å². The zero-order valence-corrected chi connectivity index (χ0v) is 20.6. The van der Waals surface area contributed by atoms with E-state index < -0.39 is 21.8 Å². The second-order valence-corrected chi connectivity index (χ2v) is 10.7. The Balaban J connectivity index is 1.40. The lowest BCUT2D eigenvalue weighted by Gasteiger charge is -2.36. The van der Waals surface area contributed by atoms with Crippen molar-refractivity contribution < 1.29 is 22.7 Å². The van der Waals surface area contributed by atoms with Gasteiger partial charge >= 0.3 is 5.97 Å². The average molecular weight is 511 g/mol. The highest BCUT2D eigenvalue weighted by molar-refractivity contribution is 7.90. The lowest BCUT2D eigenvalue weighted by molar-refractivity contribution is -0.132. The van der Waals surface area contributed by atoms with Crippen LogP contribution >= 0.6 is 0 Å². The molecule has 0 amide bonds. The van der Waals surface area contributed by atoms with Gasteiger partial charge in [0.25, 0.3) is 10.0 Å². The molecule has 36 heavy (non-hydrogen) atoms. The van der Waals surface area contributed by atoms with Crippen LogP contribution < -0.4 is 15.1 Å². The Bertz CT molecular complexity index is 1440. The molecular formula is C26H27FN4O4S. The number of halogens is 1. The predicted octanol–water partition coefficient (Wildman–Crippen LogP) is 3.37. The number of fused-ring (bicyclic) bond motifs is 1. The fraction of sp³-hybridized carbons (Fsp3) is 0.269. The summed E-state index contributed by atoms with van der Waals surface area (Å²) in [5.74, 6) is -1.41. The third-order valence-electron chi connectivity index (χ3n) is 6.69. The first kappa shape index (κ1) is 24.1. The van der Waals surface area contributed by atoms with E-state index in [9.17, 15) is 18.3 Å². The van der Waals surface area contributed by atoms with Crippen molar-refractivity contribution in [2.24, 2.45) is 0 Å². The topological polar surface area (TPSA) is 94.9 Å². The standard InChI is InChI=1S/C26H27FN4O4S/c1-2-29-15-20(26(32)33)12-19-13-22(27)25(14-24(19)29)30-11-9-28-23(17-30)18-8-10-31(16-18)36(34,35)21-6-4-3-5-7-21/h3-8,10,13-16,23,28H,2,9,11-12,17H2,1H3,(H,32,33). The molecule has 0 spiro atoms. The number of hydrogen-bond acceptors (Lipinski definition) is 6. The highest BCUT2D eigenvalue weighted by atomic mass is 32.2. The highest BCUT2D eigenvalue weighted by Gasteiger charge is 2.28. The van der Waals surface area contributed by atoms with E-state index in [0.29, 0.717) is 37.4 Å². The fourth-order valence-corrected chi connectivity index (χ4v) is 6.02. The van der Waals surface area contributed by atoms with Gasteiger partial charge in [-0.1, -0.05) is 18.2 Å². The summed E-state index contributed by atoms with van der Waals surface area (Å²) < 4.78 is 42.4. The minimum absolute atomic E-state index is 0.173. The van der Waals surface area contributed by atoms with Crippen molar-refractivity contribution in [1.82, 2.24) is 9.29 Å². The summed E-state index contributed by atoms with van der Waals surface area (Å²) in [5.41, 5.74) is 2.92. The summed E-state index contributed by atoms with van der Waals surface area (Å²) in [4.78, 5) is 15.5. The Morgan fingerprint density at radius 2 is 1.94 bits per heavy atom. The van der Waals surface area contributed by atoms with Crippen LogP contribution in [0.3, 0.4) is 0 Å². The van der Waals surface area contributed by atoms with E-state index in [4.69, 9.17) is 0 Å². The van der Waals surface area contributed by atoms with Crippen LogP contribution in [-0.2, 0) is 21.2 Å². The maximum Gasteiger partial charge on any atom is 0.333 e. The Labute approximate surface area is 209 Å². The van der Waals surface area contributed by atoms with Crippen LogP contribution in [0.25, 0.3) is 0 Å². The van der Waals surface area contributed by atoms with Crippen LogP contribution in [0.15, 0.2) is 77.6 Å². The Hall–Kier alpha value is -3.63. The summed E-state index contributed by atoms with van der Waals surface area (Å²) in [6.07, 6.45) is 4.92. The number of carbonyl (C=O) groups is 1. The van der Waals surface area contributed by atoms with Crippen LogP contribution in [0, 0.1) is 5.82 Å². The van der Waals surface area contributed by atoms with Crippen molar-refractivity contribution in [1.29, 1.82) is 0 Å². The summed E-state index contributed by atoms with van der Waals surface area (Å²) in [6.45, 7) is 4.11. The van der Waals surface area contributed by atoms with Crippen molar-refractivity contribution in [3.05, 3.63) is 89.6 Å². The molecule has 1 fully saturated rings. The number of rotatable bonds is 6. The Kier molecular flexibility index (Phi) is 6.31. The van der Waals surface area contributed by atoms with Gasteiger partial charge in [-0.3, -0.25) is 0 Å². The van der Waals surface area contributed by atoms with E-state index in [0.717, 1.165) is 11.3 Å². The van der Waals surface area contributed by atoms with Crippen molar-refractivity contribution in [3.63, 3.8) is 0 Å². The smallest absolute Gasteiger partial charge is 0.333 e. The zero-order valence-electron chi connectivity index (χ0n) is 19.8. The minimum atomic E-state index is -3.70. The third kappa shape index (κ3) is 4.38. The lowest BCUT2D eigenvalue weighted by Crippen LogP contribution is -2.46. The van der Waals surface area contributed by atoms with E-state index in [2.05, 4.69) is 5.32 Å². The molecule has 3 aromatic rings. The normalized spacial score (nSPS) is 18.1. The van der Waals surface area contributed by atoms with Gasteiger partial charge in [0.2, 0.25) is 0 Å². The molecule has 5 rings (SSSR count). The van der Waals surface area contributed by atoms with Crippen LogP contribution in [0.4, 0.5) is 15.8 Å². The first-order valence-corrected chi connectivity index (χ1v) is 13.2. The van der Waals surface area contributed by atoms with Gasteiger partial charge in [0.05, 0.1) is 22.2 Å². The number of anilines is 2. The second-order valence-electron chi connectivity index (χ2n) is 8.90. The molecule has 2 aliphatic rings. The first-order chi connectivity index (χ1) is 17.3. The largest absolute Gasteiger partial charge is 0.478 e. The molecule has 0 aliphatic carbocycles. The van der Waals surface area contributed by atoms with Gasteiger partial charge in [-0.25, -0.2) is 21.6 Å². The summed E-state index contributed by atoms with van der Waals surface area (Å²) in [7, 11) is -3.70. The molecule has 2 aliphatic heterocycles. The van der Waals surface area contributed by atoms with Gasteiger partial charge in [0.15, 0.2) is 0 Å². The maximum atomic E-state index is 15.3. The molecule has 2 N–H and O–H groups in total. The second kappa shape index (κ2) is 9.44. The lowest BCUT2D eigenvalue weighted by atomic mass is 9.98. The van der Waals surface area contributed by atoms with E-state index in [1.807, 2.05) is 16.7 Å². The molecule has 8 nitrogen and oxygen atoms in total. The molecule has 0 radical (unpaired) electrons. The van der Waals surface area contributed by atoms with Gasteiger partial charge in [-0.15, -0.1) is 0 Å². The molecule has 0 saturated carbocycles. The Morgan fingerprint density at radius 3 is 2.67 bits per heavy atom. The molecule has 1 atom stereocenters. The SMILES string of the molecule is CCN1C=C(C(=O)O)Cc2cc(F)c(N3CCNC(c4ccn(S(=O)(=O)c5ccccc5)c4)C3)cc21. The zero-order chi connectivity index (χ0) is 25.4. The third-order valence-corrected chi connectivity index (χ3v) is 8.34. The molecule has 2 aromatic carbocycles. The molecule has 188 valence electrons. The van der Waals surface area contributed by atoms with Crippen molar-refractivity contribution >= 4 is 27.4 Å². The van der Waals surface area contributed by atoms with Gasteiger partial charge < -0.3 is 20.2 Å². The molecular weight excluding hydrogens is 483 g/mol. The number of nitrogens with zero attached hydrogens (tertiary/aromatic N) is 3. The number of piperazine rings is 1. The van der Waals surface area contributed by atoms with Crippen molar-refractivity contribution in [2.75, 3.05) is 36.0 Å².